The Labute approximate surface area is 366 Å². The molecule has 0 bridgehead atoms. The number of nitrogen functional groups attached to an aromatic ring is 1. The van der Waals surface area contributed by atoms with Gasteiger partial charge >= 0.3 is 0 Å². The molecule has 62 heavy (non-hydrogen) atoms. The van der Waals surface area contributed by atoms with Gasteiger partial charge in [0.15, 0.2) is 0 Å². The van der Waals surface area contributed by atoms with E-state index in [2.05, 4.69) is 232 Å². The van der Waals surface area contributed by atoms with Crippen molar-refractivity contribution in [3.63, 3.8) is 0 Å². The second-order valence-corrected chi connectivity index (χ2v) is 15.7. The van der Waals surface area contributed by atoms with Gasteiger partial charge in [-0.3, -0.25) is 0 Å². The number of rotatable bonds is 12. The molecule has 9 rings (SSSR count). The Morgan fingerprint density at radius 2 is 1.19 bits per heavy atom. The first-order valence-corrected chi connectivity index (χ1v) is 21.4. The number of benzene rings is 8. The highest BCUT2D eigenvalue weighted by atomic mass is 14.6. The summed E-state index contributed by atoms with van der Waals surface area (Å²) in [7, 11) is 0. The Balaban J connectivity index is 1.32. The maximum atomic E-state index is 7.26. The van der Waals surface area contributed by atoms with E-state index in [4.69, 9.17) is 5.73 Å². The standard InChI is InChI=1S/C61H49N/c1-3-5-6-11-28-48-29-14-19-36-55(48)61(56-37-20-21-38-58(56)62)57-43-49(41-42-54(57)59-52-34-17-15-32-50(52)51-33-16-18-35-53(51)60(59)61)45(23-4-2)30-22-31-47(46-26-12-8-13-27-46)40-39-44-24-9-7-10-25-44/h3-38,40-43H,1,39,62H2,2H3/b6-5-,23-4-,28-11-,31-22+,45-30+,47-40-. The molecule has 1 nitrogen and oxygen atoms in total. The van der Waals surface area contributed by atoms with Gasteiger partial charge in [-0.1, -0.05) is 237 Å². The number of hydrogen-bond acceptors (Lipinski definition) is 1. The minimum absolute atomic E-state index is 0.752. The number of hydrogen-bond donors (Lipinski definition) is 1. The van der Waals surface area contributed by atoms with E-state index in [0.29, 0.717) is 0 Å². The molecule has 1 heteroatoms. The van der Waals surface area contributed by atoms with Crippen LogP contribution >= 0.6 is 0 Å². The molecule has 0 amide bonds. The molecule has 1 atom stereocenters. The zero-order valence-electron chi connectivity index (χ0n) is 35.1. The van der Waals surface area contributed by atoms with Crippen molar-refractivity contribution in [3.05, 3.63) is 288 Å². The molecule has 298 valence electrons. The maximum absolute atomic E-state index is 7.26. The summed E-state index contributed by atoms with van der Waals surface area (Å²) in [5.41, 5.74) is 21.4. The summed E-state index contributed by atoms with van der Waals surface area (Å²) in [5, 5.41) is 4.92. The first-order valence-electron chi connectivity index (χ1n) is 21.4. The first-order chi connectivity index (χ1) is 30.6. The number of fused-ring (bicyclic) bond motifs is 8. The summed E-state index contributed by atoms with van der Waals surface area (Å²) >= 11 is 0. The van der Waals surface area contributed by atoms with Crippen LogP contribution in [0.25, 0.3) is 49.9 Å². The van der Waals surface area contributed by atoms with Crippen molar-refractivity contribution in [3.8, 4) is 11.1 Å². The number of anilines is 1. The van der Waals surface area contributed by atoms with Crippen molar-refractivity contribution in [1.29, 1.82) is 0 Å². The molecule has 0 heterocycles. The van der Waals surface area contributed by atoms with Gasteiger partial charge in [0.25, 0.3) is 0 Å². The molecule has 0 radical (unpaired) electrons. The molecule has 8 aromatic carbocycles. The Morgan fingerprint density at radius 1 is 0.548 bits per heavy atom. The highest BCUT2D eigenvalue weighted by Gasteiger charge is 2.49. The first kappa shape index (κ1) is 39.7. The summed E-state index contributed by atoms with van der Waals surface area (Å²) in [6.45, 7) is 5.99. The van der Waals surface area contributed by atoms with Crippen LogP contribution in [0.2, 0.25) is 0 Å². The Bertz CT molecular complexity index is 3120. The van der Waals surface area contributed by atoms with Gasteiger partial charge in [0.05, 0.1) is 5.41 Å². The van der Waals surface area contributed by atoms with Gasteiger partial charge in [0.1, 0.15) is 0 Å². The largest absolute Gasteiger partial charge is 0.398 e. The zero-order valence-corrected chi connectivity index (χ0v) is 35.1. The van der Waals surface area contributed by atoms with E-state index >= 15 is 0 Å². The number of nitrogens with two attached hydrogens (primary N) is 1. The van der Waals surface area contributed by atoms with Gasteiger partial charge in [-0.2, -0.15) is 0 Å². The van der Waals surface area contributed by atoms with E-state index in [9.17, 15) is 0 Å². The molecule has 8 aromatic rings. The Morgan fingerprint density at radius 3 is 1.94 bits per heavy atom. The minimum atomic E-state index is -0.781. The molecule has 0 aliphatic heterocycles. The Hall–Kier alpha value is -7.74. The normalized spacial score (nSPS) is 15.4. The predicted octanol–water partition coefficient (Wildman–Crippen LogP) is 15.5. The van der Waals surface area contributed by atoms with E-state index in [0.717, 1.165) is 34.4 Å². The molecule has 1 unspecified atom stereocenters. The fourth-order valence-corrected chi connectivity index (χ4v) is 9.46. The molecule has 0 saturated heterocycles. The smallest absolute Gasteiger partial charge is 0.0745 e. The highest BCUT2D eigenvalue weighted by Crippen LogP contribution is 2.62. The Kier molecular flexibility index (Phi) is 11.4. The average molecular weight is 796 g/mol. The van der Waals surface area contributed by atoms with Crippen LogP contribution in [-0.4, -0.2) is 0 Å². The van der Waals surface area contributed by atoms with Crippen molar-refractivity contribution >= 4 is 44.5 Å². The molecule has 0 fully saturated rings. The third-order valence-corrected chi connectivity index (χ3v) is 12.1. The van der Waals surface area contributed by atoms with Crippen LogP contribution in [0.1, 0.15) is 51.4 Å². The zero-order chi connectivity index (χ0) is 42.3. The summed E-state index contributed by atoms with van der Waals surface area (Å²) in [4.78, 5) is 0. The fourth-order valence-electron chi connectivity index (χ4n) is 9.46. The SMILES string of the molecule is C=C/C=C\C=C/c1ccccc1C1(c2ccccc2N)c2cc(C(/C=C\C)=C/C=C/C(=C/Cc3ccccc3)c3ccccc3)ccc2-c2c1c1ccccc1c1ccccc21. The molecule has 1 aliphatic rings. The summed E-state index contributed by atoms with van der Waals surface area (Å²) < 4.78 is 0. The second kappa shape index (κ2) is 17.9. The van der Waals surface area contributed by atoms with Crippen LogP contribution in [0.4, 0.5) is 5.69 Å². The average Bonchev–Trinajstić information content (AvgIpc) is 3.63. The lowest BCUT2D eigenvalue weighted by molar-refractivity contribution is 0.776. The van der Waals surface area contributed by atoms with E-state index in [1.807, 2.05) is 18.2 Å². The van der Waals surface area contributed by atoms with Crippen molar-refractivity contribution in [2.75, 3.05) is 5.73 Å². The van der Waals surface area contributed by atoms with Gasteiger partial charge in [0, 0.05) is 5.69 Å². The molecular weight excluding hydrogens is 747 g/mol. The van der Waals surface area contributed by atoms with Gasteiger partial charge in [0.2, 0.25) is 0 Å². The van der Waals surface area contributed by atoms with Crippen LogP contribution in [0, 0.1) is 0 Å². The summed E-state index contributed by atoms with van der Waals surface area (Å²) in [6.07, 6.45) is 24.3. The van der Waals surface area contributed by atoms with E-state index in [1.165, 1.54) is 66.1 Å². The quantitative estimate of drug-likeness (QED) is 0.0744. The van der Waals surface area contributed by atoms with E-state index < -0.39 is 5.41 Å². The number of para-hydroxylation sites is 1. The lowest BCUT2D eigenvalue weighted by atomic mass is 9.64. The maximum Gasteiger partial charge on any atom is 0.0745 e. The lowest BCUT2D eigenvalue weighted by Crippen LogP contribution is -2.31. The summed E-state index contributed by atoms with van der Waals surface area (Å²) in [5.74, 6) is 0. The molecular formula is C61H49N. The van der Waals surface area contributed by atoms with Crippen molar-refractivity contribution in [1.82, 2.24) is 0 Å². The van der Waals surface area contributed by atoms with Gasteiger partial charge in [-0.25, -0.2) is 0 Å². The van der Waals surface area contributed by atoms with Crippen LogP contribution in [0.5, 0.6) is 0 Å². The van der Waals surface area contributed by atoms with E-state index in [1.54, 1.807) is 6.08 Å². The van der Waals surface area contributed by atoms with Crippen LogP contribution in [-0.2, 0) is 11.8 Å². The lowest BCUT2D eigenvalue weighted by Gasteiger charge is -2.37. The van der Waals surface area contributed by atoms with Crippen LogP contribution in [0.15, 0.2) is 243 Å². The third kappa shape index (κ3) is 7.29. The van der Waals surface area contributed by atoms with Crippen molar-refractivity contribution < 1.29 is 0 Å². The van der Waals surface area contributed by atoms with Crippen molar-refractivity contribution in [2.24, 2.45) is 0 Å². The van der Waals surface area contributed by atoms with Crippen LogP contribution < -0.4 is 5.73 Å². The number of allylic oxidation sites excluding steroid dienone is 12. The van der Waals surface area contributed by atoms with Gasteiger partial charge in [-0.15, -0.1) is 0 Å². The molecule has 1 aliphatic carbocycles. The fraction of sp³-hybridized carbons (Fsp3) is 0.0492. The summed E-state index contributed by atoms with van der Waals surface area (Å²) in [6, 6.07) is 63.5. The minimum Gasteiger partial charge on any atom is -0.398 e. The van der Waals surface area contributed by atoms with E-state index in [-0.39, 0.29) is 0 Å². The third-order valence-electron chi connectivity index (χ3n) is 12.1. The van der Waals surface area contributed by atoms with Gasteiger partial charge < -0.3 is 5.73 Å². The predicted molar refractivity (Wildman–Crippen MR) is 268 cm³/mol. The second-order valence-electron chi connectivity index (χ2n) is 15.7. The molecule has 0 spiro atoms. The molecule has 2 N–H and O–H groups in total. The molecule has 0 saturated carbocycles. The monoisotopic (exact) mass is 795 g/mol. The highest BCUT2D eigenvalue weighted by molar-refractivity contribution is 6.19. The van der Waals surface area contributed by atoms with Gasteiger partial charge in [-0.05, 0) is 114 Å². The van der Waals surface area contributed by atoms with Crippen LogP contribution in [0.3, 0.4) is 0 Å². The topological polar surface area (TPSA) is 26.0 Å². The molecule has 0 aromatic heterocycles. The van der Waals surface area contributed by atoms with Crippen molar-refractivity contribution in [2.45, 2.75) is 18.8 Å².